The number of aryl methyl sites for hydroxylation is 1. The first-order valence-electron chi connectivity index (χ1n) is 8.88. The van der Waals surface area contributed by atoms with Gasteiger partial charge in [-0.3, -0.25) is 4.79 Å². The maximum absolute atomic E-state index is 12.6. The molecule has 2 heterocycles. The molecule has 1 aliphatic heterocycles. The lowest BCUT2D eigenvalue weighted by Crippen LogP contribution is -2.27. The van der Waals surface area contributed by atoms with Crippen LogP contribution in [0.5, 0.6) is 11.5 Å². The highest BCUT2D eigenvalue weighted by atomic mass is 35.5. The summed E-state index contributed by atoms with van der Waals surface area (Å²) in [6.45, 7) is 3.00. The average Bonchev–Trinajstić information content (AvgIpc) is 2.86. The third-order valence-electron chi connectivity index (χ3n) is 4.41. The van der Waals surface area contributed by atoms with Gasteiger partial charge in [0.2, 0.25) is 5.91 Å². The molecule has 0 fully saturated rings. The number of furan rings is 1. The number of likely N-dealkylation sites (N-methyl/N-ethyl adjacent to an activating group) is 1. The standard InChI is InChI=1S/C20H22ClNO6/c1-12-15(20(24)25-3)10-14(28-12)11-22(2)18(23)9-13-7-16(21)19-17(8-13)26-5-4-6-27-19/h7-8,10H,4-6,9,11H2,1-3H3. The number of rotatable bonds is 5. The van der Waals surface area contributed by atoms with Gasteiger partial charge in [-0.25, -0.2) is 4.79 Å². The Hall–Kier alpha value is -2.67. The Balaban J connectivity index is 1.69. The largest absolute Gasteiger partial charge is 0.489 e. The highest BCUT2D eigenvalue weighted by Gasteiger charge is 2.20. The summed E-state index contributed by atoms with van der Waals surface area (Å²) in [5.41, 5.74) is 1.09. The molecule has 0 N–H and O–H groups in total. The number of ether oxygens (including phenoxy) is 3. The van der Waals surface area contributed by atoms with Gasteiger partial charge in [0.15, 0.2) is 11.5 Å². The molecule has 0 atom stereocenters. The number of fused-ring (bicyclic) bond motifs is 1. The minimum atomic E-state index is -0.469. The summed E-state index contributed by atoms with van der Waals surface area (Å²) in [5.74, 6) is 1.44. The first kappa shape index (κ1) is 20.1. The molecule has 1 aromatic carbocycles. The van der Waals surface area contributed by atoms with E-state index in [-0.39, 0.29) is 18.9 Å². The molecule has 7 nitrogen and oxygen atoms in total. The van der Waals surface area contributed by atoms with Crippen molar-refractivity contribution in [2.24, 2.45) is 0 Å². The molecule has 1 amide bonds. The second-order valence-electron chi connectivity index (χ2n) is 6.56. The van der Waals surface area contributed by atoms with Crippen LogP contribution in [0.3, 0.4) is 0 Å². The van der Waals surface area contributed by atoms with E-state index in [0.717, 1.165) is 12.0 Å². The molecule has 0 saturated heterocycles. The number of hydrogen-bond acceptors (Lipinski definition) is 6. The quantitative estimate of drug-likeness (QED) is 0.707. The smallest absolute Gasteiger partial charge is 0.341 e. The zero-order valence-electron chi connectivity index (χ0n) is 16.0. The van der Waals surface area contributed by atoms with Crippen molar-refractivity contribution in [3.63, 3.8) is 0 Å². The van der Waals surface area contributed by atoms with Crippen LogP contribution in [-0.2, 0) is 22.5 Å². The van der Waals surface area contributed by atoms with Crippen molar-refractivity contribution >= 4 is 23.5 Å². The number of methoxy groups -OCH3 is 1. The summed E-state index contributed by atoms with van der Waals surface area (Å²) in [4.78, 5) is 25.8. The molecule has 0 aliphatic carbocycles. The first-order valence-corrected chi connectivity index (χ1v) is 9.26. The lowest BCUT2D eigenvalue weighted by atomic mass is 10.1. The van der Waals surface area contributed by atoms with Crippen LogP contribution in [0.25, 0.3) is 0 Å². The summed E-state index contributed by atoms with van der Waals surface area (Å²) in [6.07, 6.45) is 0.925. The van der Waals surface area contributed by atoms with E-state index in [0.29, 0.717) is 46.8 Å². The second-order valence-corrected chi connectivity index (χ2v) is 6.96. The summed E-state index contributed by atoms with van der Waals surface area (Å²) in [5, 5.41) is 0.425. The lowest BCUT2D eigenvalue weighted by molar-refractivity contribution is -0.129. The van der Waals surface area contributed by atoms with Crippen LogP contribution < -0.4 is 9.47 Å². The Morgan fingerprint density at radius 3 is 2.71 bits per heavy atom. The molecule has 0 saturated carbocycles. The van der Waals surface area contributed by atoms with Gasteiger partial charge in [-0.1, -0.05) is 11.6 Å². The van der Waals surface area contributed by atoms with Gasteiger partial charge >= 0.3 is 5.97 Å². The van der Waals surface area contributed by atoms with Crippen molar-refractivity contribution in [3.8, 4) is 11.5 Å². The fourth-order valence-corrected chi connectivity index (χ4v) is 3.24. The van der Waals surface area contributed by atoms with Gasteiger partial charge < -0.3 is 23.5 Å². The van der Waals surface area contributed by atoms with Crippen LogP contribution in [0.1, 0.15) is 33.9 Å². The van der Waals surface area contributed by atoms with Gasteiger partial charge in [-0.2, -0.15) is 0 Å². The molecule has 8 heteroatoms. The van der Waals surface area contributed by atoms with E-state index in [1.54, 1.807) is 32.2 Å². The van der Waals surface area contributed by atoms with Crippen molar-refractivity contribution in [1.29, 1.82) is 0 Å². The highest BCUT2D eigenvalue weighted by molar-refractivity contribution is 6.32. The predicted molar refractivity (Wildman–Crippen MR) is 102 cm³/mol. The summed E-state index contributed by atoms with van der Waals surface area (Å²) in [6, 6.07) is 5.09. The molecule has 0 radical (unpaired) electrons. The molecule has 3 rings (SSSR count). The van der Waals surface area contributed by atoms with E-state index in [9.17, 15) is 9.59 Å². The summed E-state index contributed by atoms with van der Waals surface area (Å²) < 4.78 is 21.5. The second kappa shape index (κ2) is 8.56. The van der Waals surface area contributed by atoms with Crippen molar-refractivity contribution in [2.45, 2.75) is 26.3 Å². The topological polar surface area (TPSA) is 78.2 Å². The van der Waals surface area contributed by atoms with E-state index in [4.69, 9.17) is 30.2 Å². The molecular formula is C20H22ClNO6. The summed E-state index contributed by atoms with van der Waals surface area (Å²) in [7, 11) is 2.98. The fraction of sp³-hybridized carbons (Fsp3) is 0.400. The van der Waals surface area contributed by atoms with Gasteiger partial charge in [0, 0.05) is 13.5 Å². The van der Waals surface area contributed by atoms with Gasteiger partial charge in [-0.05, 0) is 30.7 Å². The van der Waals surface area contributed by atoms with Crippen molar-refractivity contribution in [1.82, 2.24) is 4.90 Å². The monoisotopic (exact) mass is 407 g/mol. The van der Waals surface area contributed by atoms with E-state index in [2.05, 4.69) is 0 Å². The molecule has 28 heavy (non-hydrogen) atoms. The lowest BCUT2D eigenvalue weighted by Gasteiger charge is -2.17. The third-order valence-corrected chi connectivity index (χ3v) is 4.69. The number of hydrogen-bond donors (Lipinski definition) is 0. The first-order chi connectivity index (χ1) is 13.4. The SMILES string of the molecule is COC(=O)c1cc(CN(C)C(=O)Cc2cc(Cl)c3c(c2)OCCCO3)oc1C. The van der Waals surface area contributed by atoms with E-state index in [1.807, 2.05) is 0 Å². The van der Waals surface area contributed by atoms with Crippen LogP contribution in [0.15, 0.2) is 22.6 Å². The Bertz CT molecular complexity index is 891. The highest BCUT2D eigenvalue weighted by Crippen LogP contribution is 2.38. The molecule has 0 bridgehead atoms. The molecule has 150 valence electrons. The van der Waals surface area contributed by atoms with Gasteiger partial charge in [0.05, 0.1) is 38.3 Å². The number of carbonyl (C=O) groups excluding carboxylic acids is 2. The Labute approximate surface area is 168 Å². The normalized spacial score (nSPS) is 13.0. The zero-order chi connectivity index (χ0) is 20.3. The van der Waals surface area contributed by atoms with Crippen LogP contribution >= 0.6 is 11.6 Å². The third kappa shape index (κ3) is 4.42. The Morgan fingerprint density at radius 1 is 1.21 bits per heavy atom. The Morgan fingerprint density at radius 2 is 1.96 bits per heavy atom. The van der Waals surface area contributed by atoms with Gasteiger partial charge in [0.25, 0.3) is 0 Å². The van der Waals surface area contributed by atoms with E-state index in [1.165, 1.54) is 12.0 Å². The van der Waals surface area contributed by atoms with Crippen LogP contribution in [0.2, 0.25) is 5.02 Å². The van der Waals surface area contributed by atoms with E-state index < -0.39 is 5.97 Å². The molecule has 2 aromatic rings. The average molecular weight is 408 g/mol. The van der Waals surface area contributed by atoms with Crippen LogP contribution in [0, 0.1) is 6.92 Å². The minimum Gasteiger partial charge on any atom is -0.489 e. The molecule has 1 aromatic heterocycles. The minimum absolute atomic E-state index is 0.126. The number of halogens is 1. The van der Waals surface area contributed by atoms with E-state index >= 15 is 0 Å². The summed E-state index contributed by atoms with van der Waals surface area (Å²) >= 11 is 6.29. The molecular weight excluding hydrogens is 386 g/mol. The maximum atomic E-state index is 12.6. The zero-order valence-corrected chi connectivity index (χ0v) is 16.8. The Kier molecular flexibility index (Phi) is 6.14. The molecule has 0 spiro atoms. The molecule has 0 unspecified atom stereocenters. The number of benzene rings is 1. The number of amides is 1. The van der Waals surface area contributed by atoms with Gasteiger partial charge in [-0.15, -0.1) is 0 Å². The van der Waals surface area contributed by atoms with Crippen LogP contribution in [-0.4, -0.2) is 44.1 Å². The number of nitrogens with zero attached hydrogens (tertiary/aromatic N) is 1. The van der Waals surface area contributed by atoms with Crippen LogP contribution in [0.4, 0.5) is 0 Å². The fourth-order valence-electron chi connectivity index (χ4n) is 2.95. The van der Waals surface area contributed by atoms with Crippen molar-refractivity contribution in [3.05, 3.63) is 45.9 Å². The number of esters is 1. The predicted octanol–water partition coefficient (Wildman–Crippen LogP) is 3.39. The van der Waals surface area contributed by atoms with Gasteiger partial charge in [0.1, 0.15) is 17.1 Å². The maximum Gasteiger partial charge on any atom is 0.341 e. The van der Waals surface area contributed by atoms with Crippen molar-refractivity contribution < 1.29 is 28.2 Å². The molecule has 1 aliphatic rings. The number of carbonyl (C=O) groups is 2. The van der Waals surface area contributed by atoms with Crippen molar-refractivity contribution in [2.75, 3.05) is 27.4 Å².